The smallest absolute Gasteiger partial charge is 0.306 e. The van der Waals surface area contributed by atoms with Crippen LogP contribution >= 0.6 is 0 Å². The van der Waals surface area contributed by atoms with Gasteiger partial charge in [-0.05, 0) is 18.8 Å². The molecule has 0 fully saturated rings. The second kappa shape index (κ2) is 31.0. The first-order chi connectivity index (χ1) is 18.6. The van der Waals surface area contributed by atoms with E-state index in [0.717, 1.165) is 31.6 Å². The summed E-state index contributed by atoms with van der Waals surface area (Å²) in [6.07, 6.45) is 39.9. The van der Waals surface area contributed by atoms with Gasteiger partial charge in [-0.1, -0.05) is 201 Å². The topological polar surface area (TPSA) is 37.3 Å². The van der Waals surface area contributed by atoms with Crippen molar-refractivity contribution in [3.05, 3.63) is 0 Å². The molecule has 0 spiro atoms. The van der Waals surface area contributed by atoms with Gasteiger partial charge >= 0.3 is 5.97 Å². The monoisotopic (exact) mass is 537 g/mol. The molecule has 0 rings (SSSR count). The van der Waals surface area contributed by atoms with Crippen LogP contribution in [0.1, 0.15) is 213 Å². The summed E-state index contributed by atoms with van der Waals surface area (Å²) < 4.78 is 0. The lowest BCUT2D eigenvalue weighted by Crippen LogP contribution is -2.13. The van der Waals surface area contributed by atoms with E-state index in [1.165, 1.54) is 167 Å². The van der Waals surface area contributed by atoms with Crippen molar-refractivity contribution in [3.8, 4) is 0 Å². The first-order valence-electron chi connectivity index (χ1n) is 17.8. The standard InChI is InChI=1S/C36H72O2/c1-4-5-6-7-8-9-10-17-20-23-26-29-32-35(36(37)38)33-30-27-24-21-18-15-13-11-12-14-16-19-22-25-28-31-34(2)3/h34-35H,4-33H2,1-3H3,(H,37,38). The Kier molecular flexibility index (Phi) is 30.6. The van der Waals surface area contributed by atoms with E-state index < -0.39 is 5.97 Å². The fourth-order valence-electron chi connectivity index (χ4n) is 5.86. The number of hydrogen-bond acceptors (Lipinski definition) is 1. The van der Waals surface area contributed by atoms with E-state index in [0.29, 0.717) is 0 Å². The molecule has 0 radical (unpaired) electrons. The van der Waals surface area contributed by atoms with Gasteiger partial charge in [0.1, 0.15) is 0 Å². The number of carbonyl (C=O) groups is 1. The third kappa shape index (κ3) is 30.0. The minimum Gasteiger partial charge on any atom is -0.481 e. The van der Waals surface area contributed by atoms with Crippen molar-refractivity contribution in [2.75, 3.05) is 0 Å². The number of unbranched alkanes of at least 4 members (excludes halogenated alkanes) is 25. The molecule has 0 heterocycles. The largest absolute Gasteiger partial charge is 0.481 e. The molecule has 2 nitrogen and oxygen atoms in total. The molecule has 0 aromatic heterocycles. The van der Waals surface area contributed by atoms with E-state index in [4.69, 9.17) is 0 Å². The SMILES string of the molecule is CCCCCCCCCCCCCCC(CCCCCCCCCCCCCCCCCC(C)C)C(=O)O. The summed E-state index contributed by atoms with van der Waals surface area (Å²) in [4.78, 5) is 11.6. The Morgan fingerprint density at radius 1 is 0.421 bits per heavy atom. The van der Waals surface area contributed by atoms with E-state index in [9.17, 15) is 9.90 Å². The van der Waals surface area contributed by atoms with Crippen molar-refractivity contribution in [3.63, 3.8) is 0 Å². The van der Waals surface area contributed by atoms with Crippen molar-refractivity contribution < 1.29 is 9.90 Å². The first kappa shape index (κ1) is 37.5. The number of aliphatic carboxylic acids is 1. The van der Waals surface area contributed by atoms with Crippen molar-refractivity contribution in [1.82, 2.24) is 0 Å². The summed E-state index contributed by atoms with van der Waals surface area (Å²) in [6.45, 7) is 6.94. The molecule has 228 valence electrons. The quantitative estimate of drug-likeness (QED) is 0.0868. The predicted octanol–water partition coefficient (Wildman–Crippen LogP) is 13.1. The number of rotatable bonds is 32. The molecular formula is C36H72O2. The van der Waals surface area contributed by atoms with E-state index >= 15 is 0 Å². The average molecular weight is 537 g/mol. The minimum absolute atomic E-state index is 0.0989. The van der Waals surface area contributed by atoms with Crippen LogP contribution in [0.4, 0.5) is 0 Å². The lowest BCUT2D eigenvalue weighted by Gasteiger charge is -2.12. The highest BCUT2D eigenvalue weighted by Crippen LogP contribution is 2.20. The lowest BCUT2D eigenvalue weighted by molar-refractivity contribution is -0.142. The van der Waals surface area contributed by atoms with Crippen LogP contribution < -0.4 is 0 Å². The Morgan fingerprint density at radius 2 is 0.658 bits per heavy atom. The molecule has 1 N–H and O–H groups in total. The van der Waals surface area contributed by atoms with Gasteiger partial charge in [0.05, 0.1) is 5.92 Å². The average Bonchev–Trinajstić information content (AvgIpc) is 2.89. The van der Waals surface area contributed by atoms with Crippen LogP contribution in [0, 0.1) is 11.8 Å². The van der Waals surface area contributed by atoms with Gasteiger partial charge in [0.2, 0.25) is 0 Å². The highest BCUT2D eigenvalue weighted by molar-refractivity contribution is 5.69. The third-order valence-corrected chi connectivity index (χ3v) is 8.59. The van der Waals surface area contributed by atoms with Crippen LogP contribution in [-0.2, 0) is 4.79 Å². The molecule has 0 saturated heterocycles. The zero-order valence-corrected chi connectivity index (χ0v) is 26.7. The zero-order chi connectivity index (χ0) is 27.9. The number of carboxylic acids is 1. The summed E-state index contributed by atoms with van der Waals surface area (Å²) >= 11 is 0. The Balaban J connectivity index is 3.38. The van der Waals surface area contributed by atoms with Gasteiger partial charge < -0.3 is 5.11 Å². The van der Waals surface area contributed by atoms with Crippen molar-refractivity contribution in [2.45, 2.75) is 213 Å². The molecule has 0 aromatic rings. The fourth-order valence-corrected chi connectivity index (χ4v) is 5.86. The summed E-state index contributed by atoms with van der Waals surface area (Å²) in [6, 6.07) is 0. The molecule has 0 aliphatic heterocycles. The highest BCUT2D eigenvalue weighted by Gasteiger charge is 2.16. The summed E-state index contributed by atoms with van der Waals surface area (Å²) in [5.41, 5.74) is 0. The molecule has 38 heavy (non-hydrogen) atoms. The molecule has 0 aliphatic carbocycles. The maximum absolute atomic E-state index is 11.6. The van der Waals surface area contributed by atoms with Crippen molar-refractivity contribution in [1.29, 1.82) is 0 Å². The van der Waals surface area contributed by atoms with Crippen LogP contribution in [0.3, 0.4) is 0 Å². The number of carboxylic acid groups (broad SMARTS) is 1. The molecular weight excluding hydrogens is 464 g/mol. The normalized spacial score (nSPS) is 12.4. The fraction of sp³-hybridized carbons (Fsp3) is 0.972. The second-order valence-electron chi connectivity index (χ2n) is 13.0. The lowest BCUT2D eigenvalue weighted by atomic mass is 9.94. The maximum Gasteiger partial charge on any atom is 0.306 e. The Hall–Kier alpha value is -0.530. The van der Waals surface area contributed by atoms with Crippen LogP contribution in [0.2, 0.25) is 0 Å². The third-order valence-electron chi connectivity index (χ3n) is 8.59. The maximum atomic E-state index is 11.6. The van der Waals surface area contributed by atoms with E-state index in [1.54, 1.807) is 0 Å². The summed E-state index contributed by atoms with van der Waals surface area (Å²) in [7, 11) is 0. The molecule has 1 atom stereocenters. The van der Waals surface area contributed by atoms with Crippen molar-refractivity contribution >= 4 is 5.97 Å². The van der Waals surface area contributed by atoms with Gasteiger partial charge in [0, 0.05) is 0 Å². The van der Waals surface area contributed by atoms with Gasteiger partial charge in [-0.25, -0.2) is 0 Å². The van der Waals surface area contributed by atoms with Gasteiger partial charge in [-0.2, -0.15) is 0 Å². The summed E-state index contributed by atoms with van der Waals surface area (Å²) in [5, 5.41) is 9.59. The van der Waals surface area contributed by atoms with Crippen LogP contribution in [0.25, 0.3) is 0 Å². The second-order valence-corrected chi connectivity index (χ2v) is 13.0. The highest BCUT2D eigenvalue weighted by atomic mass is 16.4. The van der Waals surface area contributed by atoms with Gasteiger partial charge in [0.15, 0.2) is 0 Å². The Labute approximate surface area is 240 Å². The molecule has 0 aliphatic rings. The summed E-state index contributed by atoms with van der Waals surface area (Å²) in [5.74, 6) is 0.218. The van der Waals surface area contributed by atoms with Gasteiger partial charge in [-0.15, -0.1) is 0 Å². The predicted molar refractivity (Wildman–Crippen MR) is 170 cm³/mol. The van der Waals surface area contributed by atoms with Crippen LogP contribution in [-0.4, -0.2) is 11.1 Å². The van der Waals surface area contributed by atoms with E-state index in [1.807, 2.05) is 0 Å². The Bertz CT molecular complexity index is 458. The zero-order valence-electron chi connectivity index (χ0n) is 26.7. The van der Waals surface area contributed by atoms with E-state index in [-0.39, 0.29) is 5.92 Å². The van der Waals surface area contributed by atoms with Crippen LogP contribution in [0.15, 0.2) is 0 Å². The van der Waals surface area contributed by atoms with Gasteiger partial charge in [-0.3, -0.25) is 4.79 Å². The molecule has 1 unspecified atom stereocenters. The molecule has 0 saturated carbocycles. The van der Waals surface area contributed by atoms with Gasteiger partial charge in [0.25, 0.3) is 0 Å². The molecule has 2 heteroatoms. The van der Waals surface area contributed by atoms with Crippen LogP contribution in [0.5, 0.6) is 0 Å². The minimum atomic E-state index is -0.556. The van der Waals surface area contributed by atoms with Crippen molar-refractivity contribution in [2.24, 2.45) is 11.8 Å². The molecule has 0 amide bonds. The first-order valence-corrected chi connectivity index (χ1v) is 17.8. The van der Waals surface area contributed by atoms with E-state index in [2.05, 4.69) is 20.8 Å². The molecule has 0 aromatic carbocycles. The molecule has 0 bridgehead atoms. The number of hydrogen-bond donors (Lipinski definition) is 1. The Morgan fingerprint density at radius 3 is 0.895 bits per heavy atom.